The van der Waals surface area contributed by atoms with Gasteiger partial charge in [-0.15, -0.1) is 10.2 Å². The lowest BCUT2D eigenvalue weighted by atomic mass is 10.1. The average Bonchev–Trinajstić information content (AvgIpc) is 3.40. The average molecular weight is 379 g/mol. The summed E-state index contributed by atoms with van der Waals surface area (Å²) in [6.45, 7) is 7.72. The van der Waals surface area contributed by atoms with Gasteiger partial charge in [-0.3, -0.25) is 4.79 Å². The van der Waals surface area contributed by atoms with Crippen LogP contribution in [0, 0.1) is 20.8 Å². The molecule has 2 aromatic heterocycles. The Morgan fingerprint density at radius 1 is 1.25 bits per heavy atom. The first kappa shape index (κ1) is 18.6. The molecule has 0 unspecified atom stereocenters. The highest BCUT2D eigenvalue weighted by atomic mass is 16.5. The molecule has 4 rings (SSSR count). The number of hydrogen-bond acceptors (Lipinski definition) is 5. The molecule has 28 heavy (non-hydrogen) atoms. The maximum absolute atomic E-state index is 12.9. The van der Waals surface area contributed by atoms with Crippen molar-refractivity contribution in [3.63, 3.8) is 0 Å². The molecule has 1 aromatic carbocycles. The van der Waals surface area contributed by atoms with Crippen LogP contribution in [0.3, 0.4) is 0 Å². The number of ketones is 1. The zero-order valence-corrected chi connectivity index (χ0v) is 16.6. The smallest absolute Gasteiger partial charge is 0.205 e. The van der Waals surface area contributed by atoms with E-state index in [1.807, 2.05) is 51.1 Å². The highest BCUT2D eigenvalue weighted by molar-refractivity contribution is 5.97. The van der Waals surface area contributed by atoms with Crippen molar-refractivity contribution in [3.8, 4) is 11.4 Å². The summed E-state index contributed by atoms with van der Waals surface area (Å²) in [7, 11) is 0. The molecule has 146 valence electrons. The van der Waals surface area contributed by atoms with Gasteiger partial charge in [0, 0.05) is 35.7 Å². The molecule has 1 fully saturated rings. The first-order valence-corrected chi connectivity index (χ1v) is 9.68. The van der Waals surface area contributed by atoms with Crippen LogP contribution < -0.4 is 0 Å². The number of rotatable bonds is 6. The Morgan fingerprint density at radius 2 is 2.07 bits per heavy atom. The second-order valence-electron chi connectivity index (χ2n) is 7.41. The number of aryl methyl sites for hydroxylation is 2. The summed E-state index contributed by atoms with van der Waals surface area (Å²) >= 11 is 0. The van der Waals surface area contributed by atoms with E-state index < -0.39 is 0 Å². The molecule has 1 aliphatic rings. The van der Waals surface area contributed by atoms with E-state index in [-0.39, 0.29) is 18.4 Å². The molecule has 0 N–H and O–H groups in total. The van der Waals surface area contributed by atoms with Crippen molar-refractivity contribution in [2.24, 2.45) is 0 Å². The van der Waals surface area contributed by atoms with Crippen LogP contribution in [-0.2, 0) is 17.8 Å². The third-order valence-corrected chi connectivity index (χ3v) is 5.41. The van der Waals surface area contributed by atoms with Gasteiger partial charge in [-0.1, -0.05) is 24.3 Å². The fourth-order valence-corrected chi connectivity index (χ4v) is 3.81. The summed E-state index contributed by atoms with van der Waals surface area (Å²) in [5, 5.41) is 12.6. The summed E-state index contributed by atoms with van der Waals surface area (Å²) in [6, 6.07) is 9.82. The molecule has 7 nitrogen and oxygen atoms in total. The molecular formula is C21H25N5O2. The second kappa shape index (κ2) is 7.67. The molecule has 0 aliphatic carbocycles. The molecule has 0 amide bonds. The van der Waals surface area contributed by atoms with Crippen LogP contribution in [0.2, 0.25) is 0 Å². The van der Waals surface area contributed by atoms with E-state index in [1.54, 1.807) is 0 Å². The van der Waals surface area contributed by atoms with Crippen LogP contribution in [-0.4, -0.2) is 43.3 Å². The van der Waals surface area contributed by atoms with Crippen LogP contribution in [0.5, 0.6) is 0 Å². The third-order valence-electron chi connectivity index (χ3n) is 5.41. The van der Waals surface area contributed by atoms with E-state index >= 15 is 0 Å². The van der Waals surface area contributed by atoms with Crippen LogP contribution in [0.1, 0.15) is 40.2 Å². The van der Waals surface area contributed by atoms with Gasteiger partial charge in [0.1, 0.15) is 6.54 Å². The van der Waals surface area contributed by atoms with Gasteiger partial charge in [0.05, 0.1) is 6.10 Å². The van der Waals surface area contributed by atoms with E-state index in [4.69, 9.17) is 4.74 Å². The molecule has 3 heterocycles. The summed E-state index contributed by atoms with van der Waals surface area (Å²) in [6.07, 6.45) is 2.42. The van der Waals surface area contributed by atoms with E-state index in [9.17, 15) is 4.79 Å². The summed E-state index contributed by atoms with van der Waals surface area (Å²) in [5.41, 5.74) is 4.76. The molecule has 1 aliphatic heterocycles. The quantitative estimate of drug-likeness (QED) is 0.615. The predicted molar refractivity (Wildman–Crippen MR) is 105 cm³/mol. The monoisotopic (exact) mass is 379 g/mol. The van der Waals surface area contributed by atoms with Crippen LogP contribution in [0.4, 0.5) is 0 Å². The molecule has 3 aromatic rings. The van der Waals surface area contributed by atoms with Crippen LogP contribution >= 0.6 is 0 Å². The zero-order chi connectivity index (χ0) is 19.7. The molecule has 7 heteroatoms. The minimum atomic E-state index is -0.0135. The summed E-state index contributed by atoms with van der Waals surface area (Å²) in [4.78, 5) is 14.2. The van der Waals surface area contributed by atoms with Crippen molar-refractivity contribution >= 4 is 5.78 Å². The van der Waals surface area contributed by atoms with Crippen molar-refractivity contribution in [2.45, 2.75) is 52.8 Å². The number of ether oxygens (including phenoxy) is 1. The Labute approximate surface area is 164 Å². The maximum atomic E-state index is 12.9. The lowest BCUT2D eigenvalue weighted by molar-refractivity contribution is 0.0943. The van der Waals surface area contributed by atoms with Gasteiger partial charge in [0.2, 0.25) is 5.82 Å². The number of benzene rings is 1. The fraction of sp³-hybridized carbons (Fsp3) is 0.429. The number of hydrogen-bond donors (Lipinski definition) is 0. The highest BCUT2D eigenvalue weighted by Gasteiger charge is 2.21. The van der Waals surface area contributed by atoms with E-state index in [0.717, 1.165) is 48.5 Å². The lowest BCUT2D eigenvalue weighted by Gasteiger charge is -2.14. The zero-order valence-electron chi connectivity index (χ0n) is 16.6. The Morgan fingerprint density at radius 3 is 2.82 bits per heavy atom. The minimum absolute atomic E-state index is 0.0135. The summed E-state index contributed by atoms with van der Waals surface area (Å²) < 4.78 is 7.93. The van der Waals surface area contributed by atoms with Gasteiger partial charge in [-0.25, -0.2) is 0 Å². The van der Waals surface area contributed by atoms with E-state index in [2.05, 4.69) is 20.0 Å². The molecule has 1 atom stereocenters. The second-order valence-corrected chi connectivity index (χ2v) is 7.41. The van der Waals surface area contributed by atoms with Crippen molar-refractivity contribution in [3.05, 3.63) is 52.8 Å². The SMILES string of the molecule is Cc1ccccc1-c1nnn(CC(=O)c2cc(C)n(C[C@H]3CCCO3)c2C)n1. The minimum Gasteiger partial charge on any atom is -0.376 e. The number of tetrazole rings is 1. The third kappa shape index (κ3) is 3.62. The molecule has 0 spiro atoms. The topological polar surface area (TPSA) is 74.8 Å². The Balaban J connectivity index is 1.51. The first-order chi connectivity index (χ1) is 13.5. The first-order valence-electron chi connectivity index (χ1n) is 9.68. The Hall–Kier alpha value is -2.80. The summed E-state index contributed by atoms with van der Waals surface area (Å²) in [5.74, 6) is 0.523. The number of Topliss-reactive ketones (excluding diaryl/α,β-unsaturated/α-hetero) is 1. The van der Waals surface area contributed by atoms with Crippen molar-refractivity contribution in [1.29, 1.82) is 0 Å². The standard InChI is InChI=1S/C21H25N5O2/c1-14-7-4-5-9-18(14)21-22-24-26(23-21)13-20(27)19-11-15(2)25(16(19)3)12-17-8-6-10-28-17/h4-5,7,9,11,17H,6,8,10,12-13H2,1-3H3/t17-/m1/s1. The molecule has 0 saturated carbocycles. The maximum Gasteiger partial charge on any atom is 0.205 e. The highest BCUT2D eigenvalue weighted by Crippen LogP contribution is 2.21. The number of carbonyl (C=O) groups is 1. The Bertz CT molecular complexity index is 998. The van der Waals surface area contributed by atoms with Crippen molar-refractivity contribution in [2.75, 3.05) is 6.61 Å². The van der Waals surface area contributed by atoms with Gasteiger partial charge in [0.25, 0.3) is 0 Å². The molecule has 0 bridgehead atoms. The molecule has 0 radical (unpaired) electrons. The van der Waals surface area contributed by atoms with Gasteiger partial charge in [-0.2, -0.15) is 4.80 Å². The molecule has 1 saturated heterocycles. The van der Waals surface area contributed by atoms with Gasteiger partial charge >= 0.3 is 0 Å². The van der Waals surface area contributed by atoms with E-state index in [0.29, 0.717) is 11.4 Å². The number of nitrogens with zero attached hydrogens (tertiary/aromatic N) is 5. The van der Waals surface area contributed by atoms with Crippen molar-refractivity contribution in [1.82, 2.24) is 24.8 Å². The normalized spacial score (nSPS) is 16.6. The van der Waals surface area contributed by atoms with Crippen LogP contribution in [0.25, 0.3) is 11.4 Å². The van der Waals surface area contributed by atoms with Gasteiger partial charge < -0.3 is 9.30 Å². The van der Waals surface area contributed by atoms with E-state index in [1.165, 1.54) is 4.80 Å². The predicted octanol–water partition coefficient (Wildman–Crippen LogP) is 3.13. The van der Waals surface area contributed by atoms with Gasteiger partial charge in [-0.05, 0) is 50.5 Å². The van der Waals surface area contributed by atoms with Crippen molar-refractivity contribution < 1.29 is 9.53 Å². The molecular weight excluding hydrogens is 354 g/mol. The largest absolute Gasteiger partial charge is 0.376 e. The Kier molecular flexibility index (Phi) is 5.09. The fourth-order valence-electron chi connectivity index (χ4n) is 3.81. The number of aromatic nitrogens is 5. The van der Waals surface area contributed by atoms with Gasteiger partial charge in [0.15, 0.2) is 5.78 Å². The lowest BCUT2D eigenvalue weighted by Crippen LogP contribution is -2.18. The van der Waals surface area contributed by atoms with Crippen LogP contribution in [0.15, 0.2) is 30.3 Å². The number of carbonyl (C=O) groups excluding carboxylic acids is 1.